The molecule has 1 atom stereocenters. The predicted molar refractivity (Wildman–Crippen MR) is 110 cm³/mol. The molecule has 2 aromatic carbocycles. The van der Waals surface area contributed by atoms with Gasteiger partial charge in [-0.1, -0.05) is 17.7 Å². The van der Waals surface area contributed by atoms with Gasteiger partial charge in [0, 0.05) is 12.1 Å². The van der Waals surface area contributed by atoms with Gasteiger partial charge >= 0.3 is 0 Å². The Kier molecular flexibility index (Phi) is 5.86. The molecule has 29 heavy (non-hydrogen) atoms. The SMILES string of the molecule is COc1ccc(NC(=O)[C@@H]2CCC(=O)N2S(=O)(=O)c2ccc(C)c(C)c2)cc1Cl. The summed E-state index contributed by atoms with van der Waals surface area (Å²) in [5.41, 5.74) is 2.10. The van der Waals surface area contributed by atoms with E-state index in [1.807, 2.05) is 6.92 Å². The summed E-state index contributed by atoms with van der Waals surface area (Å²) in [5, 5.41) is 2.93. The van der Waals surface area contributed by atoms with Gasteiger partial charge in [-0.25, -0.2) is 12.7 Å². The van der Waals surface area contributed by atoms with Gasteiger partial charge in [-0.05, 0) is 61.7 Å². The second-order valence-electron chi connectivity index (χ2n) is 6.83. The third-order valence-corrected chi connectivity index (χ3v) is 7.04. The van der Waals surface area contributed by atoms with Crippen LogP contribution in [-0.2, 0) is 19.6 Å². The first kappa shape index (κ1) is 21.1. The molecule has 2 amide bonds. The van der Waals surface area contributed by atoms with E-state index in [-0.39, 0.29) is 17.7 Å². The van der Waals surface area contributed by atoms with Crippen molar-refractivity contribution in [2.75, 3.05) is 12.4 Å². The maximum absolute atomic E-state index is 13.1. The minimum atomic E-state index is -4.16. The van der Waals surface area contributed by atoms with Crippen LogP contribution in [0, 0.1) is 13.8 Å². The number of hydrogen-bond donors (Lipinski definition) is 1. The van der Waals surface area contributed by atoms with Crippen molar-refractivity contribution in [1.29, 1.82) is 0 Å². The van der Waals surface area contributed by atoms with E-state index in [0.29, 0.717) is 20.8 Å². The monoisotopic (exact) mass is 436 g/mol. The Balaban J connectivity index is 1.88. The fraction of sp³-hybridized carbons (Fsp3) is 0.300. The van der Waals surface area contributed by atoms with E-state index in [0.717, 1.165) is 11.1 Å². The summed E-state index contributed by atoms with van der Waals surface area (Å²) in [6, 6.07) is 8.17. The van der Waals surface area contributed by atoms with Crippen molar-refractivity contribution in [3.63, 3.8) is 0 Å². The van der Waals surface area contributed by atoms with Crippen molar-refractivity contribution in [1.82, 2.24) is 4.31 Å². The van der Waals surface area contributed by atoms with E-state index in [1.165, 1.54) is 25.3 Å². The summed E-state index contributed by atoms with van der Waals surface area (Å²) in [6.45, 7) is 3.65. The molecule has 0 unspecified atom stereocenters. The lowest BCUT2D eigenvalue weighted by atomic mass is 10.1. The zero-order valence-electron chi connectivity index (χ0n) is 16.2. The van der Waals surface area contributed by atoms with Crippen LogP contribution in [-0.4, -0.2) is 37.7 Å². The Bertz CT molecular complexity index is 1080. The van der Waals surface area contributed by atoms with Crippen LogP contribution in [0.4, 0.5) is 5.69 Å². The van der Waals surface area contributed by atoms with Gasteiger partial charge in [0.2, 0.25) is 11.8 Å². The van der Waals surface area contributed by atoms with Crippen LogP contribution in [0.5, 0.6) is 5.75 Å². The van der Waals surface area contributed by atoms with E-state index in [1.54, 1.807) is 25.1 Å². The number of hydrogen-bond acceptors (Lipinski definition) is 5. The molecule has 0 radical (unpaired) electrons. The number of aryl methyl sites for hydroxylation is 2. The smallest absolute Gasteiger partial charge is 0.267 e. The quantitative estimate of drug-likeness (QED) is 0.776. The number of carbonyl (C=O) groups excluding carboxylic acids is 2. The zero-order valence-corrected chi connectivity index (χ0v) is 17.8. The van der Waals surface area contributed by atoms with Crippen LogP contribution in [0.25, 0.3) is 0 Å². The first-order valence-electron chi connectivity index (χ1n) is 8.94. The van der Waals surface area contributed by atoms with Crippen LogP contribution in [0.2, 0.25) is 5.02 Å². The predicted octanol–water partition coefficient (Wildman–Crippen LogP) is 3.28. The topological polar surface area (TPSA) is 92.8 Å². The number of nitrogens with one attached hydrogen (secondary N) is 1. The average molecular weight is 437 g/mol. The Morgan fingerprint density at radius 2 is 1.90 bits per heavy atom. The lowest BCUT2D eigenvalue weighted by Gasteiger charge is -2.24. The number of rotatable bonds is 5. The van der Waals surface area contributed by atoms with Gasteiger partial charge in [0.25, 0.3) is 10.0 Å². The number of sulfonamides is 1. The Morgan fingerprint density at radius 3 is 2.52 bits per heavy atom. The fourth-order valence-corrected chi connectivity index (χ4v) is 5.10. The molecule has 0 spiro atoms. The second-order valence-corrected chi connectivity index (χ2v) is 9.06. The van der Waals surface area contributed by atoms with Gasteiger partial charge in [-0.2, -0.15) is 0 Å². The first-order chi connectivity index (χ1) is 13.6. The molecule has 0 bridgehead atoms. The van der Waals surface area contributed by atoms with Crippen LogP contribution in [0.3, 0.4) is 0 Å². The van der Waals surface area contributed by atoms with Gasteiger partial charge in [0.15, 0.2) is 0 Å². The minimum Gasteiger partial charge on any atom is -0.495 e. The van der Waals surface area contributed by atoms with Crippen molar-refractivity contribution in [3.8, 4) is 5.75 Å². The zero-order chi connectivity index (χ0) is 21.3. The number of nitrogens with zero attached hydrogens (tertiary/aromatic N) is 1. The normalized spacial score (nSPS) is 16.8. The van der Waals surface area contributed by atoms with Crippen molar-refractivity contribution in [3.05, 3.63) is 52.5 Å². The van der Waals surface area contributed by atoms with Crippen molar-refractivity contribution in [2.45, 2.75) is 37.6 Å². The van der Waals surface area contributed by atoms with E-state index >= 15 is 0 Å². The molecule has 0 aromatic heterocycles. The summed E-state index contributed by atoms with van der Waals surface area (Å²) in [7, 11) is -2.68. The molecule has 7 nitrogen and oxygen atoms in total. The molecule has 1 N–H and O–H groups in total. The summed E-state index contributed by atoms with van der Waals surface area (Å²) in [5.74, 6) is -0.750. The number of anilines is 1. The van der Waals surface area contributed by atoms with Gasteiger partial charge in [0.1, 0.15) is 11.8 Å². The molecule has 1 aliphatic rings. The molecule has 1 heterocycles. The van der Waals surface area contributed by atoms with Crippen molar-refractivity contribution in [2.24, 2.45) is 0 Å². The van der Waals surface area contributed by atoms with E-state index in [4.69, 9.17) is 16.3 Å². The second kappa shape index (κ2) is 8.04. The Hall–Kier alpha value is -2.58. The van der Waals surface area contributed by atoms with Gasteiger partial charge in [-0.15, -0.1) is 0 Å². The molecule has 1 aliphatic heterocycles. The van der Waals surface area contributed by atoms with E-state index in [2.05, 4.69) is 5.32 Å². The third kappa shape index (κ3) is 4.09. The molecular weight excluding hydrogens is 416 g/mol. The fourth-order valence-electron chi connectivity index (χ4n) is 3.16. The molecule has 154 valence electrons. The summed E-state index contributed by atoms with van der Waals surface area (Å²) in [6.07, 6.45) is 0.0875. The van der Waals surface area contributed by atoms with Crippen molar-refractivity contribution < 1.29 is 22.7 Å². The lowest BCUT2D eigenvalue weighted by Crippen LogP contribution is -2.45. The standard InChI is InChI=1S/C20H21ClN2O5S/c1-12-4-6-15(10-13(12)2)29(26,27)23-17(7-9-19(23)24)20(25)22-14-5-8-18(28-3)16(21)11-14/h4-6,8,10-11,17H,7,9H2,1-3H3,(H,22,25)/t17-/m0/s1. The van der Waals surface area contributed by atoms with Gasteiger partial charge in [0.05, 0.1) is 17.0 Å². The summed E-state index contributed by atoms with van der Waals surface area (Å²) >= 11 is 6.07. The number of amides is 2. The van der Waals surface area contributed by atoms with Gasteiger partial charge in [-0.3, -0.25) is 9.59 Å². The molecule has 0 saturated carbocycles. The van der Waals surface area contributed by atoms with Crippen LogP contribution in [0.15, 0.2) is 41.3 Å². The average Bonchev–Trinajstić information content (AvgIpc) is 3.06. The van der Waals surface area contributed by atoms with Crippen molar-refractivity contribution >= 4 is 39.1 Å². The summed E-state index contributed by atoms with van der Waals surface area (Å²) in [4.78, 5) is 25.2. The Morgan fingerprint density at radius 1 is 1.17 bits per heavy atom. The molecule has 9 heteroatoms. The maximum Gasteiger partial charge on any atom is 0.267 e. The molecular formula is C20H21ClN2O5S. The van der Waals surface area contributed by atoms with Crippen LogP contribution < -0.4 is 10.1 Å². The summed E-state index contributed by atoms with van der Waals surface area (Å²) < 4.78 is 32.0. The highest BCUT2D eigenvalue weighted by Crippen LogP contribution is 2.31. The molecule has 1 saturated heterocycles. The Labute approximate surface area is 174 Å². The highest BCUT2D eigenvalue weighted by Gasteiger charge is 2.44. The molecule has 1 fully saturated rings. The lowest BCUT2D eigenvalue weighted by molar-refractivity contribution is -0.128. The van der Waals surface area contributed by atoms with Gasteiger partial charge < -0.3 is 10.1 Å². The van der Waals surface area contributed by atoms with Crippen LogP contribution >= 0.6 is 11.6 Å². The molecule has 0 aliphatic carbocycles. The number of benzene rings is 2. The van der Waals surface area contributed by atoms with E-state index in [9.17, 15) is 18.0 Å². The molecule has 3 rings (SSSR count). The number of halogens is 1. The maximum atomic E-state index is 13.1. The van der Waals surface area contributed by atoms with E-state index < -0.39 is 27.9 Å². The number of carbonyl (C=O) groups is 2. The highest BCUT2D eigenvalue weighted by atomic mass is 35.5. The minimum absolute atomic E-state index is 0.0128. The first-order valence-corrected chi connectivity index (χ1v) is 10.8. The number of methoxy groups -OCH3 is 1. The molecule has 2 aromatic rings. The number of ether oxygens (including phenoxy) is 1. The third-order valence-electron chi connectivity index (χ3n) is 4.92. The highest BCUT2D eigenvalue weighted by molar-refractivity contribution is 7.89. The van der Waals surface area contributed by atoms with Crippen LogP contribution in [0.1, 0.15) is 24.0 Å². The largest absolute Gasteiger partial charge is 0.495 e.